The summed E-state index contributed by atoms with van der Waals surface area (Å²) in [5.74, 6) is 0. The maximum Gasteiger partial charge on any atom is 0.272 e. The standard InChI is InChI=1S/C19H41NO3S/c1-4-5-6-7-8-9-10-11-12-13-14-15-18-23-24(21,22)19(2,3)16-17-20/h4-18,20H2,1-3H3. The van der Waals surface area contributed by atoms with E-state index in [0.29, 0.717) is 19.6 Å². The summed E-state index contributed by atoms with van der Waals surface area (Å²) in [6.45, 7) is 6.26. The normalized spacial score (nSPS) is 12.7. The first-order valence-electron chi connectivity index (χ1n) is 9.96. The van der Waals surface area contributed by atoms with Crippen LogP contribution in [0, 0.1) is 0 Å². The van der Waals surface area contributed by atoms with Gasteiger partial charge in [0, 0.05) is 0 Å². The van der Waals surface area contributed by atoms with Crippen molar-refractivity contribution in [1.29, 1.82) is 0 Å². The van der Waals surface area contributed by atoms with Crippen LogP contribution in [0.2, 0.25) is 0 Å². The van der Waals surface area contributed by atoms with Gasteiger partial charge in [0.25, 0.3) is 10.1 Å². The lowest BCUT2D eigenvalue weighted by Gasteiger charge is -2.23. The molecule has 0 spiro atoms. The highest BCUT2D eigenvalue weighted by atomic mass is 32.2. The Morgan fingerprint density at radius 3 is 1.62 bits per heavy atom. The third-order valence-corrected chi connectivity index (χ3v) is 6.69. The van der Waals surface area contributed by atoms with Gasteiger partial charge in [-0.15, -0.1) is 0 Å². The van der Waals surface area contributed by atoms with Crippen molar-refractivity contribution >= 4 is 10.1 Å². The van der Waals surface area contributed by atoms with Gasteiger partial charge in [-0.05, 0) is 33.2 Å². The Kier molecular flexibility index (Phi) is 14.0. The fraction of sp³-hybridized carbons (Fsp3) is 1.00. The van der Waals surface area contributed by atoms with Gasteiger partial charge in [0.2, 0.25) is 0 Å². The molecule has 0 unspecified atom stereocenters. The number of rotatable bonds is 17. The molecule has 4 nitrogen and oxygen atoms in total. The van der Waals surface area contributed by atoms with Gasteiger partial charge < -0.3 is 5.73 Å². The first-order valence-corrected chi connectivity index (χ1v) is 11.4. The molecule has 0 bridgehead atoms. The second kappa shape index (κ2) is 14.1. The number of unbranched alkanes of at least 4 members (excludes halogenated alkanes) is 11. The molecular weight excluding hydrogens is 322 g/mol. The van der Waals surface area contributed by atoms with Crippen LogP contribution in [0.4, 0.5) is 0 Å². The van der Waals surface area contributed by atoms with Gasteiger partial charge in [-0.3, -0.25) is 4.18 Å². The van der Waals surface area contributed by atoms with Crippen molar-refractivity contribution in [2.24, 2.45) is 5.73 Å². The fourth-order valence-corrected chi connectivity index (χ4v) is 3.77. The van der Waals surface area contributed by atoms with Gasteiger partial charge in [-0.2, -0.15) is 8.42 Å². The van der Waals surface area contributed by atoms with Crippen LogP contribution in [-0.2, 0) is 14.3 Å². The van der Waals surface area contributed by atoms with Crippen LogP contribution in [-0.4, -0.2) is 26.3 Å². The quantitative estimate of drug-likeness (QED) is 0.286. The Morgan fingerprint density at radius 2 is 1.21 bits per heavy atom. The SMILES string of the molecule is CCCCCCCCCCCCCCOS(=O)(=O)C(C)(C)CCN. The largest absolute Gasteiger partial charge is 0.330 e. The molecular formula is C19H41NO3S. The minimum absolute atomic E-state index is 0.299. The summed E-state index contributed by atoms with van der Waals surface area (Å²) in [6.07, 6.45) is 15.6. The zero-order valence-electron chi connectivity index (χ0n) is 16.3. The molecule has 0 fully saturated rings. The summed E-state index contributed by atoms with van der Waals surface area (Å²) >= 11 is 0. The average molecular weight is 364 g/mol. The zero-order valence-corrected chi connectivity index (χ0v) is 17.1. The van der Waals surface area contributed by atoms with E-state index in [-0.39, 0.29) is 0 Å². The zero-order chi connectivity index (χ0) is 18.3. The van der Waals surface area contributed by atoms with Gasteiger partial charge in [0.05, 0.1) is 11.4 Å². The molecule has 0 radical (unpaired) electrons. The monoisotopic (exact) mass is 363 g/mol. The lowest BCUT2D eigenvalue weighted by Crippen LogP contribution is -2.35. The summed E-state index contributed by atoms with van der Waals surface area (Å²) in [5.41, 5.74) is 5.47. The summed E-state index contributed by atoms with van der Waals surface area (Å²) in [7, 11) is -3.52. The molecule has 5 heteroatoms. The molecule has 0 amide bonds. The third kappa shape index (κ3) is 11.4. The van der Waals surface area contributed by atoms with Crippen LogP contribution >= 0.6 is 0 Å². The Bertz CT molecular complexity index is 380. The smallest absolute Gasteiger partial charge is 0.272 e. The molecule has 2 N–H and O–H groups in total. The van der Waals surface area contributed by atoms with E-state index in [0.717, 1.165) is 12.8 Å². The lowest BCUT2D eigenvalue weighted by molar-refractivity contribution is 0.289. The van der Waals surface area contributed by atoms with E-state index in [1.807, 2.05) is 0 Å². The minimum atomic E-state index is -3.52. The Hall–Kier alpha value is -0.130. The maximum absolute atomic E-state index is 12.1. The highest BCUT2D eigenvalue weighted by Crippen LogP contribution is 2.22. The van der Waals surface area contributed by atoms with E-state index >= 15 is 0 Å². The van der Waals surface area contributed by atoms with Crippen molar-refractivity contribution in [1.82, 2.24) is 0 Å². The van der Waals surface area contributed by atoms with Gasteiger partial charge >= 0.3 is 0 Å². The van der Waals surface area contributed by atoms with Gasteiger partial charge in [-0.25, -0.2) is 0 Å². The fourth-order valence-electron chi connectivity index (χ4n) is 2.74. The van der Waals surface area contributed by atoms with E-state index in [9.17, 15) is 8.42 Å². The molecule has 0 atom stereocenters. The van der Waals surface area contributed by atoms with E-state index < -0.39 is 14.9 Å². The first-order chi connectivity index (χ1) is 11.4. The average Bonchev–Trinajstić information content (AvgIpc) is 2.51. The molecule has 0 aliphatic heterocycles. The molecule has 0 saturated heterocycles. The predicted molar refractivity (Wildman–Crippen MR) is 104 cm³/mol. The van der Waals surface area contributed by atoms with E-state index in [2.05, 4.69) is 6.92 Å². The third-order valence-electron chi connectivity index (χ3n) is 4.66. The van der Waals surface area contributed by atoms with Gasteiger partial charge in [-0.1, -0.05) is 77.6 Å². The molecule has 0 aromatic rings. The highest BCUT2D eigenvalue weighted by Gasteiger charge is 2.34. The van der Waals surface area contributed by atoms with Crippen molar-refractivity contribution in [3.63, 3.8) is 0 Å². The van der Waals surface area contributed by atoms with Crippen LogP contribution in [0.5, 0.6) is 0 Å². The van der Waals surface area contributed by atoms with Gasteiger partial charge in [0.1, 0.15) is 0 Å². The highest BCUT2D eigenvalue weighted by molar-refractivity contribution is 7.88. The van der Waals surface area contributed by atoms with Crippen molar-refractivity contribution in [3.05, 3.63) is 0 Å². The number of hydrogen-bond acceptors (Lipinski definition) is 4. The first kappa shape index (κ1) is 23.9. The van der Waals surface area contributed by atoms with Crippen LogP contribution in [0.1, 0.15) is 104 Å². The van der Waals surface area contributed by atoms with E-state index in [1.54, 1.807) is 13.8 Å². The Labute approximate surface area is 151 Å². The molecule has 0 aromatic heterocycles. The number of nitrogens with two attached hydrogens (primary N) is 1. The van der Waals surface area contributed by atoms with Crippen molar-refractivity contribution < 1.29 is 12.6 Å². The topological polar surface area (TPSA) is 69.4 Å². The Balaban J connectivity index is 3.48. The summed E-state index contributed by atoms with van der Waals surface area (Å²) in [5, 5.41) is 0. The molecule has 0 rings (SSSR count). The van der Waals surface area contributed by atoms with Crippen LogP contribution in [0.25, 0.3) is 0 Å². The minimum Gasteiger partial charge on any atom is -0.330 e. The predicted octanol–water partition coefficient (Wildman–Crippen LogP) is 5.16. The van der Waals surface area contributed by atoms with Crippen molar-refractivity contribution in [2.45, 2.75) is 109 Å². The van der Waals surface area contributed by atoms with Crippen molar-refractivity contribution in [2.75, 3.05) is 13.2 Å². The number of hydrogen-bond donors (Lipinski definition) is 1. The summed E-state index contributed by atoms with van der Waals surface area (Å²) in [4.78, 5) is 0. The molecule has 0 aliphatic rings. The van der Waals surface area contributed by atoms with E-state index in [4.69, 9.17) is 9.92 Å². The summed E-state index contributed by atoms with van der Waals surface area (Å²) in [6, 6.07) is 0. The van der Waals surface area contributed by atoms with Crippen LogP contribution in [0.3, 0.4) is 0 Å². The molecule has 0 aromatic carbocycles. The molecule has 0 saturated carbocycles. The summed E-state index contributed by atoms with van der Waals surface area (Å²) < 4.78 is 28.4. The van der Waals surface area contributed by atoms with Crippen LogP contribution in [0.15, 0.2) is 0 Å². The Morgan fingerprint density at radius 1 is 0.792 bits per heavy atom. The molecule has 0 aliphatic carbocycles. The van der Waals surface area contributed by atoms with Crippen molar-refractivity contribution in [3.8, 4) is 0 Å². The molecule has 146 valence electrons. The molecule has 24 heavy (non-hydrogen) atoms. The second-order valence-electron chi connectivity index (χ2n) is 7.46. The second-order valence-corrected chi connectivity index (χ2v) is 9.71. The molecule has 0 heterocycles. The maximum atomic E-state index is 12.1. The van der Waals surface area contributed by atoms with Gasteiger partial charge in [0.15, 0.2) is 0 Å². The van der Waals surface area contributed by atoms with E-state index in [1.165, 1.54) is 64.2 Å². The lowest BCUT2D eigenvalue weighted by atomic mass is 10.1. The van der Waals surface area contributed by atoms with Crippen LogP contribution < -0.4 is 5.73 Å².